The van der Waals surface area contributed by atoms with Crippen molar-refractivity contribution in [3.63, 3.8) is 0 Å². The first-order valence-electron chi connectivity index (χ1n) is 4.94. The number of carbonyl (C=O) groups is 2. The van der Waals surface area contributed by atoms with Crippen LogP contribution in [0, 0.1) is 0 Å². The first kappa shape index (κ1) is 18.0. The Kier molecular flexibility index (Phi) is 6.79. The molecular formula is C10H12O9S. The number of carboxylic acid groups (broad SMARTS) is 2. The number of aliphatic hydroxyl groups is 2. The second-order valence-corrected chi connectivity index (χ2v) is 4.70. The predicted octanol–water partition coefficient (Wildman–Crippen LogP) is -0.699. The van der Waals surface area contributed by atoms with Crippen LogP contribution in [0.3, 0.4) is 0 Å². The topological polar surface area (TPSA) is 169 Å². The number of carboxylic acids is 2. The van der Waals surface area contributed by atoms with Gasteiger partial charge in [0.15, 0.2) is 0 Å². The molecule has 0 atom stereocenters. The average molecular weight is 308 g/mol. The SMILES string of the molecule is O=C(O)c1cc(C(=O)O)cc(S(=O)(=O)O)c1.OCCO. The van der Waals surface area contributed by atoms with E-state index in [4.69, 9.17) is 25.0 Å². The molecule has 0 aromatic heterocycles. The minimum atomic E-state index is -4.64. The third kappa shape index (κ3) is 5.75. The van der Waals surface area contributed by atoms with E-state index in [2.05, 4.69) is 0 Å². The van der Waals surface area contributed by atoms with Gasteiger partial charge in [-0.1, -0.05) is 0 Å². The van der Waals surface area contributed by atoms with Crippen LogP contribution in [0.1, 0.15) is 20.7 Å². The molecule has 5 N–H and O–H groups in total. The number of benzene rings is 1. The quantitative estimate of drug-likeness (QED) is 0.451. The molecule has 0 fully saturated rings. The Bertz CT molecular complexity index is 556. The van der Waals surface area contributed by atoms with Crippen LogP contribution >= 0.6 is 0 Å². The number of hydrogen-bond donors (Lipinski definition) is 5. The molecule has 0 heterocycles. The molecule has 20 heavy (non-hydrogen) atoms. The van der Waals surface area contributed by atoms with Crippen LogP contribution in [0.4, 0.5) is 0 Å². The molecule has 0 radical (unpaired) electrons. The van der Waals surface area contributed by atoms with E-state index in [1.807, 2.05) is 0 Å². The van der Waals surface area contributed by atoms with Crippen molar-refractivity contribution in [3.05, 3.63) is 29.3 Å². The molecule has 1 aromatic carbocycles. The molecule has 1 aromatic rings. The van der Waals surface area contributed by atoms with Gasteiger partial charge in [-0.15, -0.1) is 0 Å². The van der Waals surface area contributed by atoms with Crippen molar-refractivity contribution in [2.45, 2.75) is 4.90 Å². The van der Waals surface area contributed by atoms with Gasteiger partial charge in [0, 0.05) is 0 Å². The highest BCUT2D eigenvalue weighted by Crippen LogP contribution is 2.15. The Morgan fingerprint density at radius 3 is 1.45 bits per heavy atom. The van der Waals surface area contributed by atoms with Crippen LogP contribution in [0.5, 0.6) is 0 Å². The molecule has 0 unspecified atom stereocenters. The lowest BCUT2D eigenvalue weighted by atomic mass is 10.1. The summed E-state index contributed by atoms with van der Waals surface area (Å²) in [6.07, 6.45) is 0. The van der Waals surface area contributed by atoms with Crippen molar-refractivity contribution in [2.24, 2.45) is 0 Å². The highest BCUT2D eigenvalue weighted by atomic mass is 32.2. The van der Waals surface area contributed by atoms with E-state index in [1.54, 1.807) is 0 Å². The van der Waals surface area contributed by atoms with Crippen molar-refractivity contribution in [2.75, 3.05) is 13.2 Å². The van der Waals surface area contributed by atoms with E-state index in [1.165, 1.54) is 0 Å². The minimum absolute atomic E-state index is 0.125. The summed E-state index contributed by atoms with van der Waals surface area (Å²) < 4.78 is 30.2. The van der Waals surface area contributed by atoms with E-state index in [-0.39, 0.29) is 13.2 Å². The monoisotopic (exact) mass is 308 g/mol. The van der Waals surface area contributed by atoms with Gasteiger partial charge in [-0.05, 0) is 18.2 Å². The highest BCUT2D eigenvalue weighted by molar-refractivity contribution is 7.85. The van der Waals surface area contributed by atoms with Crippen molar-refractivity contribution in [1.29, 1.82) is 0 Å². The van der Waals surface area contributed by atoms with Crippen LogP contribution in [-0.4, -0.2) is 58.5 Å². The van der Waals surface area contributed by atoms with Crippen LogP contribution in [0.2, 0.25) is 0 Å². The lowest BCUT2D eigenvalue weighted by Gasteiger charge is -2.02. The van der Waals surface area contributed by atoms with Crippen LogP contribution in [0.25, 0.3) is 0 Å². The van der Waals surface area contributed by atoms with Gasteiger partial charge in [0.1, 0.15) is 0 Å². The average Bonchev–Trinajstić information content (AvgIpc) is 2.37. The number of aliphatic hydroxyl groups excluding tert-OH is 2. The zero-order valence-corrected chi connectivity index (χ0v) is 10.7. The van der Waals surface area contributed by atoms with Gasteiger partial charge in [0.25, 0.3) is 10.1 Å². The summed E-state index contributed by atoms with van der Waals surface area (Å²) >= 11 is 0. The van der Waals surface area contributed by atoms with Gasteiger partial charge < -0.3 is 20.4 Å². The number of hydrogen-bond acceptors (Lipinski definition) is 6. The van der Waals surface area contributed by atoms with Gasteiger partial charge in [0.05, 0.1) is 29.2 Å². The van der Waals surface area contributed by atoms with Gasteiger partial charge in [-0.25, -0.2) is 9.59 Å². The Hall–Kier alpha value is -2.01. The molecule has 9 nitrogen and oxygen atoms in total. The summed E-state index contributed by atoms with van der Waals surface area (Å²) in [5, 5.41) is 32.5. The van der Waals surface area contributed by atoms with E-state index < -0.39 is 38.1 Å². The summed E-state index contributed by atoms with van der Waals surface area (Å²) in [6.45, 7) is -0.250. The molecule has 1 rings (SSSR count). The van der Waals surface area contributed by atoms with Crippen molar-refractivity contribution in [1.82, 2.24) is 0 Å². The van der Waals surface area contributed by atoms with E-state index in [0.717, 1.165) is 6.07 Å². The van der Waals surface area contributed by atoms with Crippen LogP contribution in [0.15, 0.2) is 23.1 Å². The molecular weight excluding hydrogens is 296 g/mol. The second kappa shape index (κ2) is 7.55. The fourth-order valence-corrected chi connectivity index (χ4v) is 1.55. The van der Waals surface area contributed by atoms with Gasteiger partial charge >= 0.3 is 11.9 Å². The summed E-state index contributed by atoms with van der Waals surface area (Å²) in [5.41, 5.74) is -1.07. The zero-order valence-electron chi connectivity index (χ0n) is 9.92. The second-order valence-electron chi connectivity index (χ2n) is 3.28. The Labute approximate surface area is 113 Å². The fourth-order valence-electron chi connectivity index (χ4n) is 0.995. The molecule has 0 saturated carbocycles. The van der Waals surface area contributed by atoms with E-state index in [9.17, 15) is 18.0 Å². The molecule has 112 valence electrons. The molecule has 0 spiro atoms. The zero-order chi connectivity index (χ0) is 15.9. The predicted molar refractivity (Wildman–Crippen MR) is 64.3 cm³/mol. The number of rotatable bonds is 4. The van der Waals surface area contributed by atoms with Gasteiger partial charge in [0.2, 0.25) is 0 Å². The smallest absolute Gasteiger partial charge is 0.335 e. The largest absolute Gasteiger partial charge is 0.478 e. The Morgan fingerprint density at radius 2 is 1.25 bits per heavy atom. The first-order chi connectivity index (χ1) is 9.13. The maximum absolute atomic E-state index is 10.8. The molecule has 0 aliphatic carbocycles. The van der Waals surface area contributed by atoms with Crippen molar-refractivity contribution in [3.8, 4) is 0 Å². The standard InChI is InChI=1S/C8H6O7S.C2H6O2/c9-7(10)4-1-5(8(11)12)3-6(2-4)16(13,14)15;3-1-2-4/h1-3H,(H,9,10)(H,11,12)(H,13,14,15);3-4H,1-2H2. The lowest BCUT2D eigenvalue weighted by Crippen LogP contribution is -2.07. The van der Waals surface area contributed by atoms with Crippen molar-refractivity contribution >= 4 is 22.1 Å². The molecule has 0 bridgehead atoms. The van der Waals surface area contributed by atoms with Crippen molar-refractivity contribution < 1.29 is 43.0 Å². The summed E-state index contributed by atoms with van der Waals surface area (Å²) in [5.74, 6) is -2.99. The van der Waals surface area contributed by atoms with Crippen LogP contribution < -0.4 is 0 Å². The van der Waals surface area contributed by atoms with E-state index >= 15 is 0 Å². The van der Waals surface area contributed by atoms with Crippen LogP contribution in [-0.2, 0) is 10.1 Å². The normalized spacial score (nSPS) is 10.3. The Morgan fingerprint density at radius 1 is 0.900 bits per heavy atom. The molecule has 0 aliphatic heterocycles. The lowest BCUT2D eigenvalue weighted by molar-refractivity contribution is 0.0696. The van der Waals surface area contributed by atoms with Gasteiger partial charge in [-0.2, -0.15) is 8.42 Å². The van der Waals surface area contributed by atoms with E-state index in [0.29, 0.717) is 12.1 Å². The maximum Gasteiger partial charge on any atom is 0.335 e. The third-order valence-electron chi connectivity index (χ3n) is 1.80. The molecule has 0 amide bonds. The molecule has 10 heteroatoms. The minimum Gasteiger partial charge on any atom is -0.478 e. The summed E-state index contributed by atoms with van der Waals surface area (Å²) in [7, 11) is -4.64. The molecule has 0 aliphatic rings. The fraction of sp³-hybridized carbons (Fsp3) is 0.200. The summed E-state index contributed by atoms with van der Waals surface area (Å²) in [6, 6.07) is 2.13. The summed E-state index contributed by atoms with van der Waals surface area (Å²) in [4.78, 5) is 20.4. The first-order valence-corrected chi connectivity index (χ1v) is 6.38. The number of aromatic carboxylic acids is 2. The maximum atomic E-state index is 10.8. The highest BCUT2D eigenvalue weighted by Gasteiger charge is 2.17. The van der Waals surface area contributed by atoms with Gasteiger partial charge in [-0.3, -0.25) is 4.55 Å². The molecule has 0 saturated heterocycles. The third-order valence-corrected chi connectivity index (χ3v) is 2.63. The Balaban J connectivity index is 0.000000796.